The first-order chi connectivity index (χ1) is 11.0. The van der Waals surface area contributed by atoms with Gasteiger partial charge in [0, 0.05) is 38.0 Å². The Labute approximate surface area is 140 Å². The van der Waals surface area contributed by atoms with E-state index in [0.717, 1.165) is 44.0 Å². The summed E-state index contributed by atoms with van der Waals surface area (Å²) >= 11 is 1.47. The Morgan fingerprint density at radius 3 is 2.52 bits per heavy atom. The van der Waals surface area contributed by atoms with Crippen molar-refractivity contribution in [3.05, 3.63) is 0 Å². The van der Waals surface area contributed by atoms with Crippen LogP contribution in [0.15, 0.2) is 0 Å². The van der Waals surface area contributed by atoms with Crippen molar-refractivity contribution in [3.8, 4) is 0 Å². The fourth-order valence-corrected chi connectivity index (χ4v) is 3.97. The van der Waals surface area contributed by atoms with Crippen molar-refractivity contribution in [3.63, 3.8) is 0 Å². The molecule has 0 unspecified atom stereocenters. The second-order valence-corrected chi connectivity index (χ2v) is 7.38. The van der Waals surface area contributed by atoms with E-state index in [9.17, 15) is 9.59 Å². The number of anilines is 2. The smallest absolute Gasteiger partial charge is 0.228 e. The van der Waals surface area contributed by atoms with Crippen molar-refractivity contribution in [2.75, 3.05) is 29.4 Å². The van der Waals surface area contributed by atoms with Gasteiger partial charge in [-0.25, -0.2) is 0 Å². The summed E-state index contributed by atoms with van der Waals surface area (Å²) in [4.78, 5) is 27.7. The van der Waals surface area contributed by atoms with Crippen molar-refractivity contribution in [1.29, 1.82) is 0 Å². The minimum absolute atomic E-state index is 0.0844. The summed E-state index contributed by atoms with van der Waals surface area (Å²) in [7, 11) is 0. The molecular weight excluding hydrogens is 314 g/mol. The molecule has 0 aliphatic carbocycles. The predicted octanol–water partition coefficient (Wildman–Crippen LogP) is 1.41. The molecule has 0 spiro atoms. The number of piperidine rings is 1. The molecular formula is C15H23N5O2S. The fourth-order valence-electron chi connectivity index (χ4n) is 3.03. The maximum absolute atomic E-state index is 12.1. The van der Waals surface area contributed by atoms with E-state index in [0.29, 0.717) is 11.6 Å². The number of rotatable bonds is 4. The number of aromatic nitrogens is 2. The maximum atomic E-state index is 12.1. The molecule has 1 aromatic rings. The summed E-state index contributed by atoms with van der Waals surface area (Å²) < 4.78 is 0. The molecule has 0 bridgehead atoms. The zero-order valence-corrected chi connectivity index (χ0v) is 14.4. The summed E-state index contributed by atoms with van der Waals surface area (Å²) in [5, 5.41) is 12.9. The topological polar surface area (TPSA) is 78.4 Å². The van der Waals surface area contributed by atoms with Gasteiger partial charge in [-0.15, -0.1) is 10.2 Å². The lowest BCUT2D eigenvalue weighted by Gasteiger charge is -2.31. The maximum Gasteiger partial charge on any atom is 0.228 e. The number of carbonyl (C=O) groups excluding carboxylic acids is 2. The van der Waals surface area contributed by atoms with Gasteiger partial charge in [0.1, 0.15) is 0 Å². The van der Waals surface area contributed by atoms with Crippen LogP contribution in [0.25, 0.3) is 0 Å². The van der Waals surface area contributed by atoms with Crippen LogP contribution in [0.4, 0.5) is 10.3 Å². The molecule has 1 N–H and O–H groups in total. The zero-order chi connectivity index (χ0) is 16.4. The SMILES string of the molecule is CC(C)NC(=O)C1CCN(c2nnc(N3CCCC3=O)s2)CC1. The Hall–Kier alpha value is -1.70. The van der Waals surface area contributed by atoms with Crippen molar-refractivity contribution < 1.29 is 9.59 Å². The third-order valence-electron chi connectivity index (χ3n) is 4.28. The molecule has 8 heteroatoms. The van der Waals surface area contributed by atoms with Crippen LogP contribution in [-0.2, 0) is 9.59 Å². The minimum Gasteiger partial charge on any atom is -0.354 e. The zero-order valence-electron chi connectivity index (χ0n) is 13.6. The van der Waals surface area contributed by atoms with Crippen LogP contribution >= 0.6 is 11.3 Å². The van der Waals surface area contributed by atoms with Gasteiger partial charge >= 0.3 is 0 Å². The van der Waals surface area contributed by atoms with Gasteiger partial charge < -0.3 is 10.2 Å². The van der Waals surface area contributed by atoms with Gasteiger partial charge in [-0.3, -0.25) is 14.5 Å². The van der Waals surface area contributed by atoms with Crippen molar-refractivity contribution >= 4 is 33.4 Å². The summed E-state index contributed by atoms with van der Waals surface area (Å²) in [6, 6.07) is 0.184. The number of amides is 2. The van der Waals surface area contributed by atoms with E-state index in [1.54, 1.807) is 4.90 Å². The van der Waals surface area contributed by atoms with Crippen molar-refractivity contribution in [1.82, 2.24) is 15.5 Å². The van der Waals surface area contributed by atoms with Crippen molar-refractivity contribution in [2.45, 2.75) is 45.6 Å². The van der Waals surface area contributed by atoms with Crippen LogP contribution in [0.5, 0.6) is 0 Å². The van der Waals surface area contributed by atoms with Gasteiger partial charge in [0.25, 0.3) is 0 Å². The van der Waals surface area contributed by atoms with Crippen LogP contribution in [0.1, 0.15) is 39.5 Å². The molecule has 2 aliphatic rings. The van der Waals surface area contributed by atoms with E-state index >= 15 is 0 Å². The van der Waals surface area contributed by atoms with Crippen LogP contribution < -0.4 is 15.1 Å². The quantitative estimate of drug-likeness (QED) is 0.899. The average Bonchev–Trinajstić information content (AvgIpc) is 3.15. The van der Waals surface area contributed by atoms with Crippen LogP contribution in [0, 0.1) is 5.92 Å². The molecule has 126 valence electrons. The van der Waals surface area contributed by atoms with E-state index in [1.807, 2.05) is 13.8 Å². The minimum atomic E-state index is 0.0844. The second-order valence-electron chi connectivity index (χ2n) is 6.44. The molecule has 7 nitrogen and oxygen atoms in total. The largest absolute Gasteiger partial charge is 0.354 e. The lowest BCUT2D eigenvalue weighted by Crippen LogP contribution is -2.42. The fraction of sp³-hybridized carbons (Fsp3) is 0.733. The Morgan fingerprint density at radius 1 is 1.22 bits per heavy atom. The van der Waals surface area contributed by atoms with E-state index in [2.05, 4.69) is 20.4 Å². The number of nitrogens with one attached hydrogen (secondary N) is 1. The molecule has 3 rings (SSSR count). The lowest BCUT2D eigenvalue weighted by molar-refractivity contribution is -0.126. The highest BCUT2D eigenvalue weighted by Gasteiger charge is 2.29. The van der Waals surface area contributed by atoms with Crippen LogP contribution in [0.3, 0.4) is 0 Å². The van der Waals surface area contributed by atoms with E-state index in [4.69, 9.17) is 0 Å². The Morgan fingerprint density at radius 2 is 1.91 bits per heavy atom. The normalized spacial score (nSPS) is 19.7. The third kappa shape index (κ3) is 3.63. The monoisotopic (exact) mass is 337 g/mol. The Balaban J connectivity index is 1.57. The summed E-state index contributed by atoms with van der Waals surface area (Å²) in [6.07, 6.45) is 3.15. The van der Waals surface area contributed by atoms with Crippen LogP contribution in [0.2, 0.25) is 0 Å². The molecule has 3 heterocycles. The first-order valence-corrected chi connectivity index (χ1v) is 9.05. The molecule has 0 saturated carbocycles. The molecule has 2 fully saturated rings. The molecule has 1 aromatic heterocycles. The molecule has 0 aromatic carbocycles. The van der Waals surface area contributed by atoms with E-state index in [1.165, 1.54) is 11.3 Å². The van der Waals surface area contributed by atoms with Crippen LogP contribution in [-0.4, -0.2) is 47.7 Å². The average molecular weight is 337 g/mol. The Kier molecular flexibility index (Phi) is 4.79. The summed E-state index contributed by atoms with van der Waals surface area (Å²) in [5.74, 6) is 0.373. The highest BCUT2D eigenvalue weighted by molar-refractivity contribution is 7.19. The molecule has 23 heavy (non-hydrogen) atoms. The molecule has 2 amide bonds. The van der Waals surface area contributed by atoms with Gasteiger partial charge in [-0.05, 0) is 33.1 Å². The molecule has 0 radical (unpaired) electrons. The standard InChI is InChI=1S/C15H23N5O2S/c1-10(2)16-13(22)11-5-8-19(9-6-11)14-17-18-15(23-14)20-7-3-4-12(20)21/h10-11H,3-9H2,1-2H3,(H,16,22). The summed E-state index contributed by atoms with van der Waals surface area (Å²) in [6.45, 7) is 6.31. The van der Waals surface area contributed by atoms with Gasteiger partial charge in [0.05, 0.1) is 0 Å². The number of carbonyl (C=O) groups is 2. The molecule has 2 saturated heterocycles. The van der Waals surface area contributed by atoms with Gasteiger partial charge in [-0.1, -0.05) is 11.3 Å². The molecule has 2 aliphatic heterocycles. The van der Waals surface area contributed by atoms with Crippen molar-refractivity contribution in [2.24, 2.45) is 5.92 Å². The number of hydrogen-bond acceptors (Lipinski definition) is 6. The lowest BCUT2D eigenvalue weighted by atomic mass is 9.96. The number of nitrogens with zero attached hydrogens (tertiary/aromatic N) is 4. The highest BCUT2D eigenvalue weighted by Crippen LogP contribution is 2.32. The first kappa shape index (κ1) is 16.2. The first-order valence-electron chi connectivity index (χ1n) is 8.24. The van der Waals surface area contributed by atoms with E-state index in [-0.39, 0.29) is 23.8 Å². The highest BCUT2D eigenvalue weighted by atomic mass is 32.1. The summed E-state index contributed by atoms with van der Waals surface area (Å²) in [5.41, 5.74) is 0. The Bertz CT molecular complexity index is 580. The third-order valence-corrected chi connectivity index (χ3v) is 5.28. The van der Waals surface area contributed by atoms with Gasteiger partial charge in [0.2, 0.25) is 22.1 Å². The van der Waals surface area contributed by atoms with Gasteiger partial charge in [0.15, 0.2) is 0 Å². The predicted molar refractivity (Wildman–Crippen MR) is 89.7 cm³/mol. The van der Waals surface area contributed by atoms with E-state index < -0.39 is 0 Å². The van der Waals surface area contributed by atoms with Gasteiger partial charge in [-0.2, -0.15) is 0 Å². The number of hydrogen-bond donors (Lipinski definition) is 1. The second kappa shape index (κ2) is 6.82. The molecule has 0 atom stereocenters.